The molecule has 1 saturated heterocycles. The summed E-state index contributed by atoms with van der Waals surface area (Å²) in [4.78, 5) is 18.1. The highest BCUT2D eigenvalue weighted by Crippen LogP contribution is 2.26. The largest absolute Gasteiger partial charge is 0.494 e. The number of hydrogen-bond acceptors (Lipinski definition) is 5. The number of carbonyl (C=O) groups excluding carboxylic acids is 1. The van der Waals surface area contributed by atoms with Gasteiger partial charge in [0.25, 0.3) is 0 Å². The Morgan fingerprint density at radius 2 is 1.90 bits per heavy atom. The van der Waals surface area contributed by atoms with E-state index in [1.165, 1.54) is 11.1 Å². The van der Waals surface area contributed by atoms with E-state index in [-0.39, 0.29) is 5.91 Å². The van der Waals surface area contributed by atoms with E-state index in [4.69, 9.17) is 9.47 Å². The van der Waals surface area contributed by atoms with E-state index in [1.807, 2.05) is 36.1 Å². The van der Waals surface area contributed by atoms with Crippen LogP contribution in [-0.4, -0.2) is 60.9 Å². The summed E-state index contributed by atoms with van der Waals surface area (Å²) < 4.78 is 11.1. The Bertz CT molecular complexity index is 833. The second-order valence-corrected chi connectivity index (χ2v) is 8.44. The molecule has 6 heteroatoms. The number of piperazine rings is 1. The van der Waals surface area contributed by atoms with Crippen molar-refractivity contribution in [2.24, 2.45) is 0 Å². The van der Waals surface area contributed by atoms with Gasteiger partial charge in [-0.15, -0.1) is 11.8 Å². The van der Waals surface area contributed by atoms with Gasteiger partial charge in [0.2, 0.25) is 5.91 Å². The molecule has 0 saturated carbocycles. The number of rotatable bonds is 7. The molecule has 0 bridgehead atoms. The van der Waals surface area contributed by atoms with Gasteiger partial charge >= 0.3 is 0 Å². The number of fused-ring (bicyclic) bond motifs is 1. The maximum atomic E-state index is 12.6. The van der Waals surface area contributed by atoms with E-state index in [2.05, 4.69) is 23.1 Å². The number of thioether (sulfide) groups is 1. The topological polar surface area (TPSA) is 42.0 Å². The van der Waals surface area contributed by atoms with E-state index >= 15 is 0 Å². The molecule has 0 radical (unpaired) electrons. The Kier molecular flexibility index (Phi) is 6.62. The van der Waals surface area contributed by atoms with Gasteiger partial charge in [0.05, 0.1) is 19.0 Å². The van der Waals surface area contributed by atoms with Crippen LogP contribution >= 0.6 is 11.8 Å². The zero-order valence-electron chi connectivity index (χ0n) is 16.9. The van der Waals surface area contributed by atoms with E-state index in [0.29, 0.717) is 12.4 Å². The molecule has 2 aliphatic rings. The summed E-state index contributed by atoms with van der Waals surface area (Å²) >= 11 is 1.59. The monoisotopic (exact) mass is 412 g/mol. The van der Waals surface area contributed by atoms with Crippen LogP contribution in [0.3, 0.4) is 0 Å². The van der Waals surface area contributed by atoms with E-state index in [0.717, 1.165) is 62.1 Å². The molecule has 0 atom stereocenters. The second-order valence-electron chi connectivity index (χ2n) is 7.39. The standard InChI is InChI=1S/C23H28N2O3S/c1-2-27-20-4-6-21(7-5-20)29-17-23(26)25-12-10-24(11-13-25)16-18-3-8-22-19(15-18)9-14-28-22/h3-8,15H,2,9-14,16-17H2,1H3. The van der Waals surface area contributed by atoms with Gasteiger partial charge in [0.1, 0.15) is 11.5 Å². The van der Waals surface area contributed by atoms with Gasteiger partial charge in [-0.2, -0.15) is 0 Å². The third kappa shape index (κ3) is 5.25. The minimum absolute atomic E-state index is 0.221. The molecular formula is C23H28N2O3S. The number of hydrogen-bond donors (Lipinski definition) is 0. The second kappa shape index (κ2) is 9.55. The normalized spacial score (nSPS) is 16.4. The summed E-state index contributed by atoms with van der Waals surface area (Å²) in [5.74, 6) is 2.61. The zero-order chi connectivity index (χ0) is 20.1. The quantitative estimate of drug-likeness (QED) is 0.652. The Morgan fingerprint density at radius 1 is 1.10 bits per heavy atom. The summed E-state index contributed by atoms with van der Waals surface area (Å²) in [6, 6.07) is 14.5. The van der Waals surface area contributed by atoms with Crippen molar-refractivity contribution in [3.05, 3.63) is 53.6 Å². The van der Waals surface area contributed by atoms with Gasteiger partial charge in [0, 0.05) is 44.0 Å². The SMILES string of the molecule is CCOc1ccc(SCC(=O)N2CCN(Cc3ccc4c(c3)CCO4)CC2)cc1. The smallest absolute Gasteiger partial charge is 0.233 e. The van der Waals surface area contributed by atoms with Crippen LogP contribution in [0.15, 0.2) is 47.4 Å². The van der Waals surface area contributed by atoms with Crippen molar-refractivity contribution in [3.8, 4) is 11.5 Å². The maximum absolute atomic E-state index is 12.6. The van der Waals surface area contributed by atoms with Crippen molar-refractivity contribution in [2.45, 2.75) is 24.8 Å². The van der Waals surface area contributed by atoms with Crippen LogP contribution in [0.1, 0.15) is 18.1 Å². The van der Waals surface area contributed by atoms with Crippen LogP contribution in [0.5, 0.6) is 11.5 Å². The molecule has 0 spiro atoms. The molecule has 2 aliphatic heterocycles. The Balaban J connectivity index is 1.21. The van der Waals surface area contributed by atoms with Gasteiger partial charge in [-0.1, -0.05) is 12.1 Å². The fourth-order valence-electron chi connectivity index (χ4n) is 3.79. The molecule has 0 aromatic heterocycles. The van der Waals surface area contributed by atoms with E-state index in [1.54, 1.807) is 11.8 Å². The predicted molar refractivity (Wildman–Crippen MR) is 116 cm³/mol. The molecule has 29 heavy (non-hydrogen) atoms. The molecule has 0 unspecified atom stereocenters. The van der Waals surface area contributed by atoms with Crippen molar-refractivity contribution in [3.63, 3.8) is 0 Å². The van der Waals surface area contributed by atoms with Crippen LogP contribution < -0.4 is 9.47 Å². The third-order valence-corrected chi connectivity index (χ3v) is 6.38. The first kappa shape index (κ1) is 20.1. The van der Waals surface area contributed by atoms with Crippen molar-refractivity contribution in [1.29, 1.82) is 0 Å². The fourth-order valence-corrected chi connectivity index (χ4v) is 4.59. The number of ether oxygens (including phenoxy) is 2. The average Bonchev–Trinajstić information content (AvgIpc) is 3.22. The van der Waals surface area contributed by atoms with Crippen LogP contribution in [-0.2, 0) is 17.8 Å². The Hall–Kier alpha value is -2.18. The summed E-state index contributed by atoms with van der Waals surface area (Å²) in [6.45, 7) is 7.83. The molecule has 0 aliphatic carbocycles. The first-order valence-corrected chi connectivity index (χ1v) is 11.3. The van der Waals surface area contributed by atoms with Gasteiger partial charge in [-0.3, -0.25) is 9.69 Å². The molecule has 1 fully saturated rings. The summed E-state index contributed by atoms with van der Waals surface area (Å²) in [5, 5.41) is 0. The molecule has 154 valence electrons. The van der Waals surface area contributed by atoms with Crippen molar-refractivity contribution in [2.75, 3.05) is 45.1 Å². The lowest BCUT2D eigenvalue weighted by Crippen LogP contribution is -2.48. The summed E-state index contributed by atoms with van der Waals surface area (Å²) in [6.07, 6.45) is 1.01. The van der Waals surface area contributed by atoms with Gasteiger partial charge in [-0.05, 0) is 48.4 Å². The third-order valence-electron chi connectivity index (χ3n) is 5.38. The number of benzene rings is 2. The van der Waals surface area contributed by atoms with Crippen LogP contribution in [0.2, 0.25) is 0 Å². The van der Waals surface area contributed by atoms with Crippen LogP contribution in [0.25, 0.3) is 0 Å². The molecule has 2 aromatic carbocycles. The molecular weight excluding hydrogens is 384 g/mol. The number of amides is 1. The van der Waals surface area contributed by atoms with Gasteiger partial charge < -0.3 is 14.4 Å². The lowest BCUT2D eigenvalue weighted by atomic mass is 10.1. The lowest BCUT2D eigenvalue weighted by Gasteiger charge is -2.34. The molecule has 2 aromatic rings. The first-order chi connectivity index (χ1) is 14.2. The van der Waals surface area contributed by atoms with E-state index < -0.39 is 0 Å². The van der Waals surface area contributed by atoms with E-state index in [9.17, 15) is 4.79 Å². The fraction of sp³-hybridized carbons (Fsp3) is 0.435. The first-order valence-electron chi connectivity index (χ1n) is 10.3. The summed E-state index contributed by atoms with van der Waals surface area (Å²) in [7, 11) is 0. The number of carbonyl (C=O) groups is 1. The molecule has 1 amide bonds. The number of nitrogens with zero attached hydrogens (tertiary/aromatic N) is 2. The minimum atomic E-state index is 0.221. The average molecular weight is 413 g/mol. The Labute approximate surface area is 177 Å². The highest BCUT2D eigenvalue weighted by Gasteiger charge is 2.21. The molecule has 4 rings (SSSR count). The van der Waals surface area contributed by atoms with Gasteiger partial charge in [0.15, 0.2) is 0 Å². The maximum Gasteiger partial charge on any atom is 0.233 e. The molecule has 0 N–H and O–H groups in total. The van der Waals surface area contributed by atoms with Crippen molar-refractivity contribution in [1.82, 2.24) is 9.80 Å². The van der Waals surface area contributed by atoms with Gasteiger partial charge in [-0.25, -0.2) is 0 Å². The summed E-state index contributed by atoms with van der Waals surface area (Å²) in [5.41, 5.74) is 2.66. The highest BCUT2D eigenvalue weighted by atomic mass is 32.2. The molecule has 5 nitrogen and oxygen atoms in total. The van der Waals surface area contributed by atoms with Crippen LogP contribution in [0, 0.1) is 0 Å². The van der Waals surface area contributed by atoms with Crippen LogP contribution in [0.4, 0.5) is 0 Å². The minimum Gasteiger partial charge on any atom is -0.494 e. The Morgan fingerprint density at radius 3 is 2.66 bits per heavy atom. The highest BCUT2D eigenvalue weighted by molar-refractivity contribution is 8.00. The zero-order valence-corrected chi connectivity index (χ0v) is 17.7. The lowest BCUT2D eigenvalue weighted by molar-refractivity contribution is -0.130. The van der Waals surface area contributed by atoms with Crippen molar-refractivity contribution < 1.29 is 14.3 Å². The molecule has 2 heterocycles. The predicted octanol–water partition coefficient (Wildman–Crippen LogP) is 3.46. The van der Waals surface area contributed by atoms with Crippen molar-refractivity contribution >= 4 is 17.7 Å².